The smallest absolute Gasteiger partial charge is 0.327 e. The lowest BCUT2D eigenvalue weighted by atomic mass is 9.81. The summed E-state index contributed by atoms with van der Waals surface area (Å²) in [5.41, 5.74) is 6.95. The molecule has 2 N–H and O–H groups in total. The van der Waals surface area contributed by atoms with E-state index in [1.165, 1.54) is 16.8 Å². The van der Waals surface area contributed by atoms with Crippen LogP contribution in [-0.2, 0) is 6.42 Å². The number of ketones is 1. The number of fused-ring (bicyclic) bond motifs is 1. The van der Waals surface area contributed by atoms with Crippen LogP contribution in [0.3, 0.4) is 0 Å². The molecular weight excluding hydrogens is 404 g/mol. The van der Waals surface area contributed by atoms with Crippen molar-refractivity contribution < 1.29 is 22.4 Å². The largest absolute Gasteiger partial charge is 0.333 e. The molecule has 0 bridgehead atoms. The average Bonchev–Trinajstić information content (AvgIpc) is 3.22. The van der Waals surface area contributed by atoms with Crippen molar-refractivity contribution in [2.24, 2.45) is 5.73 Å². The Hall–Kier alpha value is -2.82. The van der Waals surface area contributed by atoms with Gasteiger partial charge in [-0.2, -0.15) is 19.0 Å². The van der Waals surface area contributed by atoms with Gasteiger partial charge in [0, 0.05) is 36.7 Å². The summed E-state index contributed by atoms with van der Waals surface area (Å²) in [5, 5.41) is 7.76. The Morgan fingerprint density at radius 3 is 2.83 bits per heavy atom. The Labute approximate surface area is 168 Å². The van der Waals surface area contributed by atoms with Crippen molar-refractivity contribution in [3.63, 3.8) is 0 Å². The first-order valence-electron chi connectivity index (χ1n) is 9.47. The molecule has 0 aliphatic heterocycles. The van der Waals surface area contributed by atoms with E-state index in [1.807, 2.05) is 0 Å². The van der Waals surface area contributed by atoms with E-state index in [2.05, 4.69) is 15.2 Å². The van der Waals surface area contributed by atoms with Gasteiger partial charge in [-0.15, -0.1) is 0 Å². The molecule has 1 aliphatic carbocycles. The number of carbonyl (C=O) groups is 1. The number of nitrogens with two attached hydrogens (primary N) is 1. The molecule has 7 nitrogen and oxygen atoms in total. The predicted octanol–water partition coefficient (Wildman–Crippen LogP) is 3.28. The van der Waals surface area contributed by atoms with Gasteiger partial charge in [0.15, 0.2) is 11.4 Å². The molecule has 0 saturated heterocycles. The van der Waals surface area contributed by atoms with Crippen LogP contribution >= 0.6 is 0 Å². The van der Waals surface area contributed by atoms with Crippen molar-refractivity contribution in [2.45, 2.75) is 57.0 Å². The third-order valence-corrected chi connectivity index (χ3v) is 5.26. The second-order valence-corrected chi connectivity index (χ2v) is 7.73. The van der Waals surface area contributed by atoms with Crippen molar-refractivity contribution in [2.75, 3.05) is 0 Å². The van der Waals surface area contributed by atoms with E-state index in [4.69, 9.17) is 5.73 Å². The second-order valence-electron chi connectivity index (χ2n) is 7.73. The maximum atomic E-state index is 14.0. The van der Waals surface area contributed by atoms with Gasteiger partial charge in [0.1, 0.15) is 0 Å². The van der Waals surface area contributed by atoms with Crippen LogP contribution in [0.15, 0.2) is 24.5 Å². The van der Waals surface area contributed by atoms with Gasteiger partial charge in [0.25, 0.3) is 0 Å². The zero-order valence-electron chi connectivity index (χ0n) is 16.1. The highest BCUT2D eigenvalue weighted by atomic mass is 19.3. The number of hydrogen-bond donors (Lipinski definition) is 1. The van der Waals surface area contributed by atoms with E-state index < -0.39 is 30.2 Å². The van der Waals surface area contributed by atoms with Crippen LogP contribution in [0.25, 0.3) is 5.65 Å². The molecule has 3 aromatic rings. The van der Waals surface area contributed by atoms with Crippen LogP contribution in [0.4, 0.5) is 17.6 Å². The minimum absolute atomic E-state index is 0.0703. The Morgan fingerprint density at radius 2 is 2.13 bits per heavy atom. The van der Waals surface area contributed by atoms with Gasteiger partial charge in [0.2, 0.25) is 5.92 Å². The highest BCUT2D eigenvalue weighted by molar-refractivity contribution is 6.02. The molecule has 0 aromatic carbocycles. The number of nitrogens with zero attached hydrogens (tertiary/aromatic N) is 5. The van der Waals surface area contributed by atoms with Crippen LogP contribution in [0.1, 0.15) is 59.2 Å². The fraction of sp³-hybridized carbons (Fsp3) is 0.474. The number of hydrogen-bond acceptors (Lipinski definition) is 5. The first kappa shape index (κ1) is 20.5. The van der Waals surface area contributed by atoms with E-state index in [0.717, 1.165) is 0 Å². The summed E-state index contributed by atoms with van der Waals surface area (Å²) in [5.74, 6) is -3.89. The van der Waals surface area contributed by atoms with Crippen LogP contribution in [-0.4, -0.2) is 42.1 Å². The number of rotatable bonds is 5. The summed E-state index contributed by atoms with van der Waals surface area (Å²) < 4.78 is 56.0. The molecule has 1 fully saturated rings. The van der Waals surface area contributed by atoms with E-state index >= 15 is 0 Å². The molecule has 2 atom stereocenters. The summed E-state index contributed by atoms with van der Waals surface area (Å²) in [6, 6.07) is 2.36. The van der Waals surface area contributed by atoms with E-state index in [9.17, 15) is 22.4 Å². The topological polar surface area (TPSA) is 91.1 Å². The third kappa shape index (κ3) is 3.93. The van der Waals surface area contributed by atoms with Gasteiger partial charge in [0.05, 0.1) is 29.6 Å². The molecular formula is C19H20F4N6O. The summed E-state index contributed by atoms with van der Waals surface area (Å²) in [6.45, 7) is -1.31. The Morgan fingerprint density at radius 1 is 1.37 bits per heavy atom. The zero-order valence-corrected chi connectivity index (χ0v) is 16.1. The molecule has 3 aromatic heterocycles. The Kier molecular flexibility index (Phi) is 5.08. The number of carbonyl (C=O) groups excluding carboxylic acids is 1. The average molecular weight is 424 g/mol. The molecule has 1 unspecified atom stereocenters. The van der Waals surface area contributed by atoms with E-state index in [1.54, 1.807) is 19.2 Å². The Bertz CT molecular complexity index is 1090. The highest BCUT2D eigenvalue weighted by Crippen LogP contribution is 2.40. The lowest BCUT2D eigenvalue weighted by Crippen LogP contribution is -2.38. The van der Waals surface area contributed by atoms with Gasteiger partial charge >= 0.3 is 6.55 Å². The van der Waals surface area contributed by atoms with Crippen molar-refractivity contribution in [3.8, 4) is 0 Å². The maximum Gasteiger partial charge on any atom is 0.333 e. The van der Waals surface area contributed by atoms with Gasteiger partial charge < -0.3 is 5.73 Å². The van der Waals surface area contributed by atoms with Crippen LogP contribution in [0, 0.1) is 6.92 Å². The predicted molar refractivity (Wildman–Crippen MR) is 98.8 cm³/mol. The Balaban J connectivity index is 1.64. The van der Waals surface area contributed by atoms with E-state index in [0.29, 0.717) is 22.5 Å². The molecule has 160 valence electrons. The van der Waals surface area contributed by atoms with Crippen LogP contribution < -0.4 is 5.73 Å². The minimum Gasteiger partial charge on any atom is -0.327 e. The summed E-state index contributed by atoms with van der Waals surface area (Å²) in [7, 11) is 0. The van der Waals surface area contributed by atoms with E-state index in [-0.39, 0.29) is 36.2 Å². The summed E-state index contributed by atoms with van der Waals surface area (Å²) in [4.78, 5) is 17.2. The monoisotopic (exact) mass is 424 g/mol. The maximum absolute atomic E-state index is 14.0. The van der Waals surface area contributed by atoms with Crippen LogP contribution in [0.2, 0.25) is 0 Å². The number of alkyl halides is 4. The molecule has 11 heteroatoms. The summed E-state index contributed by atoms with van der Waals surface area (Å²) in [6.07, 6.45) is 2.16. The van der Waals surface area contributed by atoms with Crippen LogP contribution in [0.5, 0.6) is 0 Å². The standard InChI is InChI=1S/C19H20F4N6O/c1-10-4-13(29(27-10)18(20)21)6-16(30)14-9-25-28-3-2-15(26-17(14)28)11-5-12(24)8-19(22,23)7-11/h2-4,9,11-12,18H,5-8,24H2,1H3/t11?,12-/m0/s1. The number of Topliss-reactive ketones (excluding diaryl/α,β-unsaturated/α-hetero) is 1. The molecule has 1 saturated carbocycles. The van der Waals surface area contributed by atoms with Crippen molar-refractivity contribution in [3.05, 3.63) is 47.2 Å². The summed E-state index contributed by atoms with van der Waals surface area (Å²) >= 11 is 0. The molecule has 3 heterocycles. The minimum atomic E-state index is -2.87. The quantitative estimate of drug-likeness (QED) is 0.501. The SMILES string of the molecule is Cc1cc(CC(=O)c2cnn3ccc(C4C[C@H](N)CC(F)(F)C4)nc23)n(C(F)F)n1. The molecule has 1 aliphatic rings. The molecule has 0 spiro atoms. The molecule has 30 heavy (non-hydrogen) atoms. The number of halogens is 4. The normalized spacial score (nSPS) is 21.4. The number of aryl methyl sites for hydroxylation is 1. The van der Waals surface area contributed by atoms with Gasteiger partial charge in [-0.25, -0.2) is 23.0 Å². The third-order valence-electron chi connectivity index (χ3n) is 5.26. The second kappa shape index (κ2) is 7.46. The van der Waals surface area contributed by atoms with Crippen molar-refractivity contribution in [1.82, 2.24) is 24.4 Å². The van der Waals surface area contributed by atoms with Gasteiger partial charge in [-0.1, -0.05) is 0 Å². The lowest BCUT2D eigenvalue weighted by molar-refractivity contribution is -0.0472. The first-order chi connectivity index (χ1) is 14.1. The lowest BCUT2D eigenvalue weighted by Gasteiger charge is -2.32. The highest BCUT2D eigenvalue weighted by Gasteiger charge is 2.41. The molecule has 4 rings (SSSR count). The fourth-order valence-corrected chi connectivity index (χ4v) is 4.02. The van der Waals surface area contributed by atoms with Gasteiger partial charge in [-0.05, 0) is 25.5 Å². The fourth-order valence-electron chi connectivity index (χ4n) is 4.02. The van der Waals surface area contributed by atoms with Gasteiger partial charge in [-0.3, -0.25) is 4.79 Å². The number of aromatic nitrogens is 5. The molecule has 0 radical (unpaired) electrons. The zero-order chi connectivity index (χ0) is 21.6. The first-order valence-corrected chi connectivity index (χ1v) is 9.47. The molecule has 0 amide bonds. The van der Waals surface area contributed by atoms with Crippen molar-refractivity contribution in [1.29, 1.82) is 0 Å². The van der Waals surface area contributed by atoms with Crippen molar-refractivity contribution >= 4 is 11.4 Å².